The summed E-state index contributed by atoms with van der Waals surface area (Å²) in [4.78, 5) is 31.9. The molecule has 134 valence electrons. The molecule has 0 fully saturated rings. The van der Waals surface area contributed by atoms with Crippen LogP contribution in [0.25, 0.3) is 11.4 Å². The van der Waals surface area contributed by atoms with Crippen molar-refractivity contribution in [2.45, 2.75) is 6.92 Å². The van der Waals surface area contributed by atoms with Crippen molar-refractivity contribution in [2.24, 2.45) is 5.10 Å². The van der Waals surface area contributed by atoms with E-state index in [4.69, 9.17) is 9.47 Å². The molecule has 1 aromatic carbocycles. The summed E-state index contributed by atoms with van der Waals surface area (Å²) in [5, 5.41) is 4.81. The number of hydrazone groups is 1. The molecule has 1 aromatic heterocycles. The lowest BCUT2D eigenvalue weighted by Crippen LogP contribution is -2.54. The normalized spacial score (nSPS) is 13.5. The summed E-state index contributed by atoms with van der Waals surface area (Å²) in [6.07, 6.45) is 1.87. The van der Waals surface area contributed by atoms with Crippen LogP contribution in [-0.2, 0) is 0 Å². The van der Waals surface area contributed by atoms with Crippen LogP contribution in [0.2, 0.25) is 0 Å². The molecule has 26 heavy (non-hydrogen) atoms. The highest BCUT2D eigenvalue weighted by molar-refractivity contribution is 5.92. The van der Waals surface area contributed by atoms with Gasteiger partial charge in [0.2, 0.25) is 0 Å². The first-order valence-corrected chi connectivity index (χ1v) is 7.61. The van der Waals surface area contributed by atoms with Gasteiger partial charge in [-0.3, -0.25) is 0 Å². The second kappa shape index (κ2) is 7.47. The number of hydrazine groups is 1. The quantitative estimate of drug-likeness (QED) is 0.858. The number of benzene rings is 1. The monoisotopic (exact) mass is 356 g/mol. The van der Waals surface area contributed by atoms with Crippen LogP contribution < -0.4 is 20.3 Å². The summed E-state index contributed by atoms with van der Waals surface area (Å²) in [5.41, 5.74) is 5.92. The third kappa shape index (κ3) is 3.86. The average molecular weight is 356 g/mol. The maximum atomic E-state index is 11.9. The van der Waals surface area contributed by atoms with Gasteiger partial charge in [0.1, 0.15) is 5.75 Å². The van der Waals surface area contributed by atoms with E-state index in [9.17, 15) is 9.59 Å². The van der Waals surface area contributed by atoms with Gasteiger partial charge in [0, 0.05) is 0 Å². The Kier molecular flexibility index (Phi) is 4.92. The van der Waals surface area contributed by atoms with Crippen molar-refractivity contribution in [3.05, 3.63) is 36.7 Å². The Morgan fingerprint density at radius 3 is 2.73 bits per heavy atom. The molecule has 1 aliphatic rings. The number of amides is 3. The molecule has 0 radical (unpaired) electrons. The zero-order valence-electron chi connectivity index (χ0n) is 14.1. The SMILES string of the molecule is COc1ccccc1-c1ncc(OC(=O)NN2CC(C)=NNC2=O)cn1. The topological polar surface area (TPSA) is 118 Å². The smallest absolute Gasteiger partial charge is 0.431 e. The lowest BCUT2D eigenvalue weighted by molar-refractivity contribution is 0.151. The third-order valence-corrected chi connectivity index (χ3v) is 3.39. The van der Waals surface area contributed by atoms with Crippen molar-refractivity contribution in [1.82, 2.24) is 25.8 Å². The Hall–Kier alpha value is -3.69. The number of carbonyl (C=O) groups excluding carboxylic acids is 2. The number of hydrogen-bond acceptors (Lipinski definition) is 7. The van der Waals surface area contributed by atoms with Crippen LogP contribution in [-0.4, -0.2) is 46.5 Å². The van der Waals surface area contributed by atoms with Gasteiger partial charge in [-0.25, -0.2) is 35.4 Å². The highest BCUT2D eigenvalue weighted by Gasteiger charge is 2.21. The van der Waals surface area contributed by atoms with Gasteiger partial charge in [-0.2, -0.15) is 5.10 Å². The number of hydrogen-bond donors (Lipinski definition) is 2. The second-order valence-corrected chi connectivity index (χ2v) is 5.29. The molecular weight excluding hydrogens is 340 g/mol. The van der Waals surface area contributed by atoms with Gasteiger partial charge in [0.15, 0.2) is 11.6 Å². The molecule has 0 unspecified atom stereocenters. The summed E-state index contributed by atoms with van der Waals surface area (Å²) < 4.78 is 10.3. The van der Waals surface area contributed by atoms with Gasteiger partial charge in [0.05, 0.1) is 37.3 Å². The Morgan fingerprint density at radius 2 is 2.00 bits per heavy atom. The molecule has 10 nitrogen and oxygen atoms in total. The van der Waals surface area contributed by atoms with Crippen LogP contribution >= 0.6 is 0 Å². The van der Waals surface area contributed by atoms with Crippen molar-refractivity contribution < 1.29 is 19.1 Å². The molecular formula is C16H16N6O4. The standard InChI is InChI=1S/C16H16N6O4/c1-10-9-22(15(23)20-19-10)21-16(24)26-11-7-17-14(18-8-11)12-5-3-4-6-13(12)25-2/h3-8H,9H2,1-2H3,(H,20,23)(H,21,24). The maximum absolute atomic E-state index is 11.9. The van der Waals surface area contributed by atoms with Gasteiger partial charge in [-0.1, -0.05) is 12.1 Å². The maximum Gasteiger partial charge on any atom is 0.431 e. The number of ether oxygens (including phenoxy) is 2. The summed E-state index contributed by atoms with van der Waals surface area (Å²) in [6.45, 7) is 1.87. The number of urea groups is 1. The Balaban J connectivity index is 1.65. The number of nitrogens with one attached hydrogen (secondary N) is 2. The zero-order valence-corrected chi connectivity index (χ0v) is 14.1. The highest BCUT2D eigenvalue weighted by atomic mass is 16.6. The Labute approximate surface area is 148 Å². The van der Waals surface area contributed by atoms with Crippen LogP contribution in [0.1, 0.15) is 6.92 Å². The number of para-hydroxylation sites is 1. The minimum atomic E-state index is -0.844. The van der Waals surface area contributed by atoms with E-state index in [1.165, 1.54) is 12.4 Å². The molecule has 2 N–H and O–H groups in total. The van der Waals surface area contributed by atoms with Crippen molar-refractivity contribution in [2.75, 3.05) is 13.7 Å². The molecule has 3 rings (SSSR count). The third-order valence-electron chi connectivity index (χ3n) is 3.39. The molecule has 0 bridgehead atoms. The van der Waals surface area contributed by atoms with E-state index >= 15 is 0 Å². The van der Waals surface area contributed by atoms with Gasteiger partial charge in [-0.15, -0.1) is 0 Å². The first kappa shape index (κ1) is 17.1. The predicted molar refractivity (Wildman–Crippen MR) is 91.5 cm³/mol. The fraction of sp³-hybridized carbons (Fsp3) is 0.188. The Morgan fingerprint density at radius 1 is 1.27 bits per heavy atom. The van der Waals surface area contributed by atoms with Crippen LogP contribution in [0.3, 0.4) is 0 Å². The van der Waals surface area contributed by atoms with Gasteiger partial charge < -0.3 is 9.47 Å². The molecule has 2 aromatic rings. The van der Waals surface area contributed by atoms with E-state index in [0.717, 1.165) is 5.01 Å². The fourth-order valence-electron chi connectivity index (χ4n) is 2.21. The van der Waals surface area contributed by atoms with Crippen molar-refractivity contribution in [3.63, 3.8) is 0 Å². The largest absolute Gasteiger partial charge is 0.496 e. The first-order valence-electron chi connectivity index (χ1n) is 7.61. The van der Waals surface area contributed by atoms with Gasteiger partial charge >= 0.3 is 12.1 Å². The lowest BCUT2D eigenvalue weighted by atomic mass is 10.2. The number of nitrogens with zero attached hydrogens (tertiary/aromatic N) is 4. The summed E-state index contributed by atoms with van der Waals surface area (Å²) in [5.74, 6) is 1.19. The molecule has 0 saturated heterocycles. The van der Waals surface area contributed by atoms with Crippen LogP contribution in [0.4, 0.5) is 9.59 Å². The average Bonchev–Trinajstić information content (AvgIpc) is 2.65. The summed E-state index contributed by atoms with van der Waals surface area (Å²) >= 11 is 0. The minimum Gasteiger partial charge on any atom is -0.496 e. The number of methoxy groups -OCH3 is 1. The molecule has 0 aliphatic carbocycles. The lowest BCUT2D eigenvalue weighted by Gasteiger charge is -2.25. The van der Waals surface area contributed by atoms with Crippen LogP contribution in [0.5, 0.6) is 11.5 Å². The van der Waals surface area contributed by atoms with E-state index in [2.05, 4.69) is 25.9 Å². The van der Waals surface area contributed by atoms with Crippen LogP contribution in [0.15, 0.2) is 41.8 Å². The fourth-order valence-corrected chi connectivity index (χ4v) is 2.21. The van der Waals surface area contributed by atoms with Crippen molar-refractivity contribution in [1.29, 1.82) is 0 Å². The van der Waals surface area contributed by atoms with Crippen LogP contribution in [0, 0.1) is 0 Å². The van der Waals surface area contributed by atoms with Gasteiger partial charge in [-0.05, 0) is 19.1 Å². The predicted octanol–water partition coefficient (Wildman–Crippen LogP) is 1.56. The highest BCUT2D eigenvalue weighted by Crippen LogP contribution is 2.26. The van der Waals surface area contributed by atoms with Crippen molar-refractivity contribution in [3.8, 4) is 22.9 Å². The van der Waals surface area contributed by atoms with E-state index in [1.807, 2.05) is 18.2 Å². The molecule has 0 saturated carbocycles. The van der Waals surface area contributed by atoms with Crippen molar-refractivity contribution >= 4 is 17.8 Å². The molecule has 3 amide bonds. The van der Waals surface area contributed by atoms with E-state index in [0.29, 0.717) is 22.8 Å². The zero-order chi connectivity index (χ0) is 18.5. The Bertz CT molecular complexity index is 852. The molecule has 2 heterocycles. The van der Waals surface area contributed by atoms with E-state index in [-0.39, 0.29) is 12.3 Å². The first-order chi connectivity index (χ1) is 12.6. The number of rotatable bonds is 4. The second-order valence-electron chi connectivity index (χ2n) is 5.29. The van der Waals surface area contributed by atoms with Gasteiger partial charge in [0.25, 0.3) is 0 Å². The molecule has 0 spiro atoms. The molecule has 0 atom stereocenters. The number of carbonyl (C=O) groups is 2. The summed E-state index contributed by atoms with van der Waals surface area (Å²) in [6, 6.07) is 6.74. The van der Waals surface area contributed by atoms with E-state index in [1.54, 1.807) is 20.1 Å². The summed E-state index contributed by atoms with van der Waals surface area (Å²) in [7, 11) is 1.56. The molecule has 10 heteroatoms. The number of aromatic nitrogens is 2. The minimum absolute atomic E-state index is 0.129. The molecule has 1 aliphatic heterocycles. The van der Waals surface area contributed by atoms with E-state index < -0.39 is 12.1 Å².